The zero-order valence-corrected chi connectivity index (χ0v) is 11.8. The van der Waals surface area contributed by atoms with E-state index in [0.717, 1.165) is 5.92 Å². The summed E-state index contributed by atoms with van der Waals surface area (Å²) in [6, 6.07) is 4.80. The summed E-state index contributed by atoms with van der Waals surface area (Å²) in [6.07, 6.45) is 8.62. The molecule has 1 rings (SSSR count). The van der Waals surface area contributed by atoms with Gasteiger partial charge >= 0.3 is 0 Å². The van der Waals surface area contributed by atoms with E-state index >= 15 is 0 Å². The van der Waals surface area contributed by atoms with Crippen molar-refractivity contribution in [2.75, 3.05) is 0 Å². The smallest absolute Gasteiger partial charge is 0.0377 e. The molecule has 2 heteroatoms. The summed E-state index contributed by atoms with van der Waals surface area (Å²) in [6.45, 7) is 4.71. The molecule has 15 heavy (non-hydrogen) atoms. The summed E-state index contributed by atoms with van der Waals surface area (Å²) in [7, 11) is -0.447. The zero-order chi connectivity index (χ0) is 11.1. The van der Waals surface area contributed by atoms with E-state index in [1.54, 1.807) is 0 Å². The molecule has 0 radical (unpaired) electrons. The molecular formula is C13H29NSi. The third-order valence-electron chi connectivity index (χ3n) is 4.15. The van der Waals surface area contributed by atoms with Crippen LogP contribution in [0.2, 0.25) is 18.1 Å². The number of hydrogen-bond acceptors (Lipinski definition) is 1. The quantitative estimate of drug-likeness (QED) is 0.690. The second-order valence-electron chi connectivity index (χ2n) is 5.42. The fourth-order valence-electron chi connectivity index (χ4n) is 3.00. The predicted molar refractivity (Wildman–Crippen MR) is 72.1 cm³/mol. The first kappa shape index (κ1) is 13.2. The second kappa shape index (κ2) is 7.45. The van der Waals surface area contributed by atoms with Crippen molar-refractivity contribution in [2.24, 2.45) is 11.7 Å². The van der Waals surface area contributed by atoms with Gasteiger partial charge in [-0.15, -0.1) is 0 Å². The van der Waals surface area contributed by atoms with Crippen molar-refractivity contribution in [3.8, 4) is 0 Å². The molecule has 0 saturated heterocycles. The standard InChI is InChI=1S/C13H29NSi/c1-3-15(4-2)11-13(14)10-12-8-6-5-7-9-12/h12-13,15H,3-11,14H2,1-2H3. The molecule has 0 aromatic heterocycles. The minimum Gasteiger partial charge on any atom is -0.328 e. The van der Waals surface area contributed by atoms with Crippen LogP contribution >= 0.6 is 0 Å². The molecule has 1 nitrogen and oxygen atoms in total. The maximum Gasteiger partial charge on any atom is 0.0377 e. The van der Waals surface area contributed by atoms with Gasteiger partial charge in [-0.05, 0) is 18.4 Å². The van der Waals surface area contributed by atoms with E-state index in [1.165, 1.54) is 56.7 Å². The van der Waals surface area contributed by atoms with Gasteiger partial charge < -0.3 is 5.73 Å². The Hall–Kier alpha value is 0.177. The highest BCUT2D eigenvalue weighted by atomic mass is 28.3. The van der Waals surface area contributed by atoms with Gasteiger partial charge in [0, 0.05) is 14.8 Å². The highest BCUT2D eigenvalue weighted by Crippen LogP contribution is 2.28. The Morgan fingerprint density at radius 1 is 1.13 bits per heavy atom. The highest BCUT2D eigenvalue weighted by Gasteiger charge is 2.18. The van der Waals surface area contributed by atoms with E-state index in [0.29, 0.717) is 6.04 Å². The lowest BCUT2D eigenvalue weighted by Crippen LogP contribution is -2.29. The summed E-state index contributed by atoms with van der Waals surface area (Å²) in [4.78, 5) is 0. The summed E-state index contributed by atoms with van der Waals surface area (Å²) < 4.78 is 0. The van der Waals surface area contributed by atoms with Crippen LogP contribution in [0.3, 0.4) is 0 Å². The Morgan fingerprint density at radius 3 is 2.27 bits per heavy atom. The van der Waals surface area contributed by atoms with Crippen LogP contribution in [0.4, 0.5) is 0 Å². The predicted octanol–water partition coefficient (Wildman–Crippen LogP) is 3.55. The van der Waals surface area contributed by atoms with Gasteiger partial charge in [0.15, 0.2) is 0 Å². The van der Waals surface area contributed by atoms with Gasteiger partial charge in [-0.25, -0.2) is 0 Å². The molecule has 0 spiro atoms. The number of rotatable bonds is 6. The van der Waals surface area contributed by atoms with Gasteiger partial charge in [0.05, 0.1) is 0 Å². The second-order valence-corrected chi connectivity index (χ2v) is 9.25. The van der Waals surface area contributed by atoms with Gasteiger partial charge in [0.2, 0.25) is 0 Å². The van der Waals surface area contributed by atoms with Crippen LogP contribution in [0.25, 0.3) is 0 Å². The third-order valence-corrected chi connectivity index (χ3v) is 7.73. The number of nitrogens with two attached hydrogens (primary N) is 1. The Labute approximate surface area is 97.4 Å². The summed E-state index contributed by atoms with van der Waals surface area (Å²) in [5, 5.41) is 0. The van der Waals surface area contributed by atoms with Gasteiger partial charge in [-0.3, -0.25) is 0 Å². The van der Waals surface area contributed by atoms with Gasteiger partial charge in [0.1, 0.15) is 0 Å². The van der Waals surface area contributed by atoms with Gasteiger partial charge in [0.25, 0.3) is 0 Å². The maximum absolute atomic E-state index is 6.29. The van der Waals surface area contributed by atoms with Crippen molar-refractivity contribution >= 4 is 8.80 Å². The first-order valence-electron chi connectivity index (χ1n) is 7.01. The van der Waals surface area contributed by atoms with Crippen molar-refractivity contribution in [3.63, 3.8) is 0 Å². The van der Waals surface area contributed by atoms with Crippen LogP contribution in [0, 0.1) is 5.92 Å². The van der Waals surface area contributed by atoms with E-state index in [4.69, 9.17) is 5.73 Å². The summed E-state index contributed by atoms with van der Waals surface area (Å²) in [5.41, 5.74) is 6.29. The van der Waals surface area contributed by atoms with Crippen molar-refractivity contribution < 1.29 is 0 Å². The van der Waals surface area contributed by atoms with Crippen LogP contribution in [-0.2, 0) is 0 Å². The molecule has 0 heterocycles. The largest absolute Gasteiger partial charge is 0.328 e. The molecule has 0 aliphatic heterocycles. The molecule has 0 bridgehead atoms. The average molecular weight is 227 g/mol. The van der Waals surface area contributed by atoms with Gasteiger partial charge in [-0.2, -0.15) is 0 Å². The summed E-state index contributed by atoms with van der Waals surface area (Å²) >= 11 is 0. The SMILES string of the molecule is CC[SiH](CC)CC(N)CC1CCCCC1. The van der Waals surface area contributed by atoms with Crippen LogP contribution < -0.4 is 5.73 Å². The van der Waals surface area contributed by atoms with Crippen molar-refractivity contribution in [3.05, 3.63) is 0 Å². The van der Waals surface area contributed by atoms with E-state index in [9.17, 15) is 0 Å². The van der Waals surface area contributed by atoms with E-state index in [1.807, 2.05) is 0 Å². The lowest BCUT2D eigenvalue weighted by atomic mass is 9.85. The van der Waals surface area contributed by atoms with Crippen molar-refractivity contribution in [1.82, 2.24) is 0 Å². The average Bonchev–Trinajstić information content (AvgIpc) is 2.27. The Morgan fingerprint density at radius 2 is 1.73 bits per heavy atom. The third kappa shape index (κ3) is 5.16. The fraction of sp³-hybridized carbons (Fsp3) is 1.00. The minimum absolute atomic E-state index is 0.447. The van der Waals surface area contributed by atoms with E-state index in [2.05, 4.69) is 13.8 Å². The summed E-state index contributed by atoms with van der Waals surface area (Å²) in [5.74, 6) is 0.970. The van der Waals surface area contributed by atoms with Crippen molar-refractivity contribution in [2.45, 2.75) is 76.5 Å². The van der Waals surface area contributed by atoms with Crippen molar-refractivity contribution in [1.29, 1.82) is 0 Å². The van der Waals surface area contributed by atoms with E-state index < -0.39 is 8.80 Å². The Bertz CT molecular complexity index is 151. The Balaban J connectivity index is 2.18. The molecule has 1 aliphatic carbocycles. The first-order valence-corrected chi connectivity index (χ1v) is 9.46. The molecule has 90 valence electrons. The fourth-order valence-corrected chi connectivity index (χ4v) is 5.29. The molecule has 1 atom stereocenters. The molecule has 1 aliphatic rings. The normalized spacial score (nSPS) is 20.8. The molecule has 0 aromatic rings. The van der Waals surface area contributed by atoms with Crippen LogP contribution in [0.15, 0.2) is 0 Å². The molecule has 1 saturated carbocycles. The minimum atomic E-state index is -0.447. The first-order chi connectivity index (χ1) is 7.26. The lowest BCUT2D eigenvalue weighted by molar-refractivity contribution is 0.322. The Kier molecular flexibility index (Phi) is 6.58. The van der Waals surface area contributed by atoms with Gasteiger partial charge in [-0.1, -0.05) is 58.0 Å². The number of hydrogen-bond donors (Lipinski definition) is 1. The van der Waals surface area contributed by atoms with Crippen LogP contribution in [0.5, 0.6) is 0 Å². The molecule has 1 unspecified atom stereocenters. The van der Waals surface area contributed by atoms with Crippen LogP contribution in [-0.4, -0.2) is 14.8 Å². The monoisotopic (exact) mass is 227 g/mol. The molecule has 0 aromatic carbocycles. The zero-order valence-electron chi connectivity index (χ0n) is 10.7. The topological polar surface area (TPSA) is 26.0 Å². The molecular weight excluding hydrogens is 198 g/mol. The highest BCUT2D eigenvalue weighted by molar-refractivity contribution is 6.58. The van der Waals surface area contributed by atoms with Crippen LogP contribution in [0.1, 0.15) is 52.4 Å². The molecule has 2 N–H and O–H groups in total. The molecule has 1 fully saturated rings. The molecule has 0 amide bonds. The lowest BCUT2D eigenvalue weighted by Gasteiger charge is -2.26. The maximum atomic E-state index is 6.29. The van der Waals surface area contributed by atoms with E-state index in [-0.39, 0.29) is 0 Å².